The maximum atomic E-state index is 15.5. The van der Waals surface area contributed by atoms with Crippen LogP contribution in [-0.2, 0) is 13.0 Å². The number of rotatable bonds is 7. The number of thiophene rings is 1. The van der Waals surface area contributed by atoms with Gasteiger partial charge in [-0.25, -0.2) is 4.98 Å². The van der Waals surface area contributed by atoms with E-state index in [1.807, 2.05) is 13.0 Å². The highest BCUT2D eigenvalue weighted by Crippen LogP contribution is 2.53. The molecule has 8 nitrogen and oxygen atoms in total. The van der Waals surface area contributed by atoms with E-state index in [1.54, 1.807) is 19.9 Å². The Labute approximate surface area is 222 Å². The number of alkyl halides is 2. The first kappa shape index (κ1) is 27.5. The van der Waals surface area contributed by atoms with Gasteiger partial charge in [-0.15, -0.1) is 11.3 Å². The number of aryl methyl sites for hydroxylation is 3. The van der Waals surface area contributed by atoms with Crippen LogP contribution < -0.4 is 15.6 Å². The molecule has 4 heterocycles. The first-order chi connectivity index (χ1) is 17.7. The number of carbonyl (C=O) groups excluding carboxylic acids is 1. The van der Waals surface area contributed by atoms with Crippen molar-refractivity contribution in [2.45, 2.75) is 53.1 Å². The second kappa shape index (κ2) is 9.63. The van der Waals surface area contributed by atoms with Crippen LogP contribution in [0.15, 0.2) is 29.2 Å². The molecule has 0 aliphatic rings. The minimum atomic E-state index is -3.61. The van der Waals surface area contributed by atoms with Crippen LogP contribution in [0.1, 0.15) is 53.0 Å². The highest BCUT2D eigenvalue weighted by Gasteiger charge is 2.50. The molecule has 0 unspecified atom stereocenters. The molecular weight excluding hydrogens is 514 g/mol. The number of amides is 1. The van der Waals surface area contributed by atoms with Gasteiger partial charge in [0.25, 0.3) is 11.5 Å². The average molecular weight is 545 g/mol. The van der Waals surface area contributed by atoms with Crippen molar-refractivity contribution in [2.24, 2.45) is 7.05 Å². The fraction of sp³-hybridized carbons (Fsp3) is 0.370. The standard InChI is InChI=1S/C27H30F2N4O4S/c1-8-30-24(34)18-11-16-17(12-33(7)25(35)20(16)32-18)22-21(37-19-10-13(2)9-14(3)31-19)15(4)23(38-22)27(28,29)26(5,6)36/h9-12,32,36H,8H2,1-7H3,(H,30,34). The molecule has 0 aliphatic heterocycles. The van der Waals surface area contributed by atoms with Crippen molar-refractivity contribution in [2.75, 3.05) is 6.54 Å². The first-order valence-corrected chi connectivity index (χ1v) is 12.9. The molecule has 0 radical (unpaired) electrons. The van der Waals surface area contributed by atoms with E-state index in [4.69, 9.17) is 4.74 Å². The normalized spacial score (nSPS) is 12.3. The van der Waals surface area contributed by atoms with E-state index >= 15 is 8.78 Å². The topological polar surface area (TPSA) is 109 Å². The van der Waals surface area contributed by atoms with Gasteiger partial charge in [0, 0.05) is 48.1 Å². The Morgan fingerprint density at radius 1 is 1.24 bits per heavy atom. The largest absolute Gasteiger partial charge is 0.437 e. The maximum absolute atomic E-state index is 15.5. The number of H-pyrrole nitrogens is 1. The SMILES string of the molecule is CCNC(=O)c1cc2c(-c3sc(C(F)(F)C(C)(C)O)c(C)c3Oc3cc(C)cc(C)n3)cn(C)c(=O)c2[nH]1. The van der Waals surface area contributed by atoms with E-state index in [0.29, 0.717) is 28.1 Å². The van der Waals surface area contributed by atoms with Crippen molar-refractivity contribution < 1.29 is 23.4 Å². The fourth-order valence-corrected chi connectivity index (χ4v) is 5.62. The van der Waals surface area contributed by atoms with Gasteiger partial charge in [0.1, 0.15) is 16.8 Å². The number of aromatic nitrogens is 3. The Kier molecular flexibility index (Phi) is 6.96. The third-order valence-electron chi connectivity index (χ3n) is 6.22. The molecule has 0 atom stereocenters. The van der Waals surface area contributed by atoms with Crippen LogP contribution in [-0.4, -0.2) is 37.7 Å². The predicted molar refractivity (Wildman–Crippen MR) is 144 cm³/mol. The van der Waals surface area contributed by atoms with Gasteiger partial charge in [-0.3, -0.25) is 9.59 Å². The van der Waals surface area contributed by atoms with Gasteiger partial charge in [-0.05, 0) is 59.2 Å². The zero-order valence-corrected chi connectivity index (χ0v) is 23.1. The van der Waals surface area contributed by atoms with E-state index in [2.05, 4.69) is 15.3 Å². The molecule has 0 fully saturated rings. The molecule has 0 spiro atoms. The molecule has 38 heavy (non-hydrogen) atoms. The molecule has 11 heteroatoms. The summed E-state index contributed by atoms with van der Waals surface area (Å²) in [6.45, 7) is 9.43. The highest BCUT2D eigenvalue weighted by molar-refractivity contribution is 7.16. The summed E-state index contributed by atoms with van der Waals surface area (Å²) in [7, 11) is 1.54. The number of halogens is 2. The molecule has 4 rings (SSSR count). The number of hydrogen-bond acceptors (Lipinski definition) is 6. The summed E-state index contributed by atoms with van der Waals surface area (Å²) >= 11 is 0.765. The molecule has 4 aromatic heterocycles. The van der Waals surface area contributed by atoms with Crippen LogP contribution in [0, 0.1) is 20.8 Å². The van der Waals surface area contributed by atoms with Crippen molar-refractivity contribution in [3.05, 3.63) is 62.1 Å². The number of hydrogen-bond donors (Lipinski definition) is 3. The summed E-state index contributed by atoms with van der Waals surface area (Å²) in [5, 5.41) is 13.4. The number of fused-ring (bicyclic) bond motifs is 1. The van der Waals surface area contributed by atoms with Crippen molar-refractivity contribution in [1.29, 1.82) is 0 Å². The molecule has 3 N–H and O–H groups in total. The Morgan fingerprint density at radius 2 is 1.92 bits per heavy atom. The van der Waals surface area contributed by atoms with Crippen LogP contribution >= 0.6 is 11.3 Å². The number of pyridine rings is 2. The average Bonchev–Trinajstić information content (AvgIpc) is 3.38. The predicted octanol–water partition coefficient (Wildman–Crippen LogP) is 5.32. The zero-order chi connectivity index (χ0) is 28.2. The smallest absolute Gasteiger partial charge is 0.310 e. The number of aromatic amines is 1. The number of carbonyl (C=O) groups is 1. The molecule has 0 aliphatic carbocycles. The second-order valence-corrected chi connectivity index (χ2v) is 10.9. The molecule has 0 bridgehead atoms. The minimum absolute atomic E-state index is 0.132. The quantitative estimate of drug-likeness (QED) is 0.292. The molecule has 0 saturated heterocycles. The van der Waals surface area contributed by atoms with Crippen molar-refractivity contribution in [1.82, 2.24) is 19.9 Å². The Balaban J connectivity index is 2.04. The number of aliphatic hydroxyl groups is 1. The molecular formula is C27H30F2N4O4S. The van der Waals surface area contributed by atoms with E-state index in [1.165, 1.54) is 30.8 Å². The molecule has 0 aromatic carbocycles. The van der Waals surface area contributed by atoms with Crippen LogP contribution in [0.4, 0.5) is 8.78 Å². The van der Waals surface area contributed by atoms with Gasteiger partial charge in [-0.1, -0.05) is 0 Å². The van der Waals surface area contributed by atoms with Crippen LogP contribution in [0.3, 0.4) is 0 Å². The maximum Gasteiger partial charge on any atom is 0.310 e. The number of ether oxygens (including phenoxy) is 1. The van der Waals surface area contributed by atoms with Crippen LogP contribution in [0.5, 0.6) is 11.6 Å². The lowest BCUT2D eigenvalue weighted by Gasteiger charge is -2.28. The van der Waals surface area contributed by atoms with Crippen molar-refractivity contribution >= 4 is 28.1 Å². The summed E-state index contributed by atoms with van der Waals surface area (Å²) in [6.07, 6.45) is 1.53. The lowest BCUT2D eigenvalue weighted by molar-refractivity contribution is -0.166. The van der Waals surface area contributed by atoms with Gasteiger partial charge in [0.05, 0.1) is 9.75 Å². The Hall–Kier alpha value is -3.57. The summed E-state index contributed by atoms with van der Waals surface area (Å²) < 4.78 is 38.5. The van der Waals surface area contributed by atoms with Crippen molar-refractivity contribution in [3.8, 4) is 22.1 Å². The summed E-state index contributed by atoms with van der Waals surface area (Å²) in [4.78, 5) is 32.7. The lowest BCUT2D eigenvalue weighted by Crippen LogP contribution is -2.40. The second-order valence-electron chi connectivity index (χ2n) is 9.86. The van der Waals surface area contributed by atoms with E-state index in [0.717, 1.165) is 30.7 Å². The third kappa shape index (κ3) is 4.71. The number of nitrogens with zero attached hydrogens (tertiary/aromatic N) is 2. The number of nitrogens with one attached hydrogen (secondary N) is 2. The van der Waals surface area contributed by atoms with Crippen LogP contribution in [0.25, 0.3) is 21.3 Å². The van der Waals surface area contributed by atoms with Gasteiger partial charge < -0.3 is 24.7 Å². The monoisotopic (exact) mass is 544 g/mol. The van der Waals surface area contributed by atoms with Crippen molar-refractivity contribution in [3.63, 3.8) is 0 Å². The van der Waals surface area contributed by atoms with E-state index in [-0.39, 0.29) is 38.8 Å². The summed E-state index contributed by atoms with van der Waals surface area (Å²) in [5.41, 5.74) is -0.285. The zero-order valence-electron chi connectivity index (χ0n) is 22.2. The minimum Gasteiger partial charge on any atom is -0.437 e. The van der Waals surface area contributed by atoms with E-state index < -0.39 is 17.4 Å². The lowest BCUT2D eigenvalue weighted by atomic mass is 9.97. The van der Waals surface area contributed by atoms with Crippen LogP contribution in [0.2, 0.25) is 0 Å². The molecule has 202 valence electrons. The molecule has 4 aromatic rings. The van der Waals surface area contributed by atoms with E-state index in [9.17, 15) is 14.7 Å². The first-order valence-electron chi connectivity index (χ1n) is 12.0. The Bertz CT molecular complexity index is 1590. The van der Waals surface area contributed by atoms with Gasteiger partial charge in [-0.2, -0.15) is 8.78 Å². The third-order valence-corrected chi connectivity index (χ3v) is 7.59. The molecule has 1 amide bonds. The van der Waals surface area contributed by atoms with Gasteiger partial charge in [0.2, 0.25) is 5.88 Å². The summed E-state index contributed by atoms with van der Waals surface area (Å²) in [6, 6.07) is 5.08. The molecule has 0 saturated carbocycles. The fourth-order valence-electron chi connectivity index (χ4n) is 4.23. The highest BCUT2D eigenvalue weighted by atomic mass is 32.1. The van der Waals surface area contributed by atoms with Gasteiger partial charge >= 0.3 is 5.92 Å². The summed E-state index contributed by atoms with van der Waals surface area (Å²) in [5.74, 6) is -3.66. The van der Waals surface area contributed by atoms with Gasteiger partial charge in [0.15, 0.2) is 5.75 Å². The Morgan fingerprint density at radius 3 is 2.53 bits per heavy atom.